The van der Waals surface area contributed by atoms with E-state index in [0.717, 1.165) is 43.5 Å². The Kier molecular flexibility index (Phi) is 6.44. The quantitative estimate of drug-likeness (QED) is 0.580. The van der Waals surface area contributed by atoms with Crippen molar-refractivity contribution in [2.45, 2.75) is 43.2 Å². The summed E-state index contributed by atoms with van der Waals surface area (Å²) in [6, 6.07) is 6.09. The fourth-order valence-electron chi connectivity index (χ4n) is 3.34. The number of ether oxygens (including phenoxy) is 1. The summed E-state index contributed by atoms with van der Waals surface area (Å²) in [4.78, 5) is 14.1. The molecule has 12 heteroatoms. The van der Waals surface area contributed by atoms with Crippen LogP contribution in [0.5, 0.6) is 5.75 Å². The number of hydrogen-bond donors (Lipinski definition) is 0. The fraction of sp³-hybridized carbons (Fsp3) is 0.381. The maximum Gasteiger partial charge on any atom is 0.425 e. The number of halogens is 6. The van der Waals surface area contributed by atoms with Gasteiger partial charge in [-0.25, -0.2) is 8.42 Å². The molecule has 3 rings (SSSR count). The van der Waals surface area contributed by atoms with Crippen LogP contribution in [0.2, 0.25) is 0 Å². The van der Waals surface area contributed by atoms with Crippen molar-refractivity contribution in [3.8, 4) is 5.75 Å². The van der Waals surface area contributed by atoms with E-state index in [-0.39, 0.29) is 30.0 Å². The van der Waals surface area contributed by atoms with E-state index in [1.165, 1.54) is 11.0 Å². The number of carbonyl (C=O) groups excluding carboxylic acids is 1. The molecule has 33 heavy (non-hydrogen) atoms. The SMILES string of the molecule is C[C@H](Oc1ccc(S(C)(=O)=O)cc1C(=O)N1CCc2cc(C(F)(F)F)ccc2C1)C(F)(F)F. The first kappa shape index (κ1) is 24.9. The molecule has 0 aliphatic carbocycles. The van der Waals surface area contributed by atoms with Crippen LogP contribution in [0.1, 0.15) is 34.0 Å². The van der Waals surface area contributed by atoms with E-state index in [9.17, 15) is 39.6 Å². The van der Waals surface area contributed by atoms with Gasteiger partial charge in [-0.15, -0.1) is 0 Å². The minimum Gasteiger partial charge on any atom is -0.480 e. The Labute approximate surface area is 185 Å². The number of carbonyl (C=O) groups is 1. The summed E-state index contributed by atoms with van der Waals surface area (Å²) >= 11 is 0. The third kappa shape index (κ3) is 5.60. The molecular weight excluding hydrogens is 476 g/mol. The average molecular weight is 495 g/mol. The van der Waals surface area contributed by atoms with Crippen LogP contribution in [-0.2, 0) is 29.0 Å². The topological polar surface area (TPSA) is 63.7 Å². The van der Waals surface area contributed by atoms with Crippen molar-refractivity contribution in [3.05, 3.63) is 58.7 Å². The highest BCUT2D eigenvalue weighted by Gasteiger charge is 2.39. The Morgan fingerprint density at radius 1 is 1.03 bits per heavy atom. The van der Waals surface area contributed by atoms with E-state index in [2.05, 4.69) is 0 Å². The lowest BCUT2D eigenvalue weighted by atomic mass is 9.96. The minimum absolute atomic E-state index is 0.00941. The second-order valence-electron chi connectivity index (χ2n) is 7.69. The van der Waals surface area contributed by atoms with Gasteiger partial charge >= 0.3 is 12.4 Å². The zero-order valence-electron chi connectivity index (χ0n) is 17.4. The predicted molar refractivity (Wildman–Crippen MR) is 106 cm³/mol. The normalized spacial score (nSPS) is 15.7. The zero-order chi connectivity index (χ0) is 24.8. The number of hydrogen-bond acceptors (Lipinski definition) is 4. The third-order valence-corrected chi connectivity index (χ3v) is 6.32. The van der Waals surface area contributed by atoms with Crippen LogP contribution in [0.3, 0.4) is 0 Å². The van der Waals surface area contributed by atoms with Gasteiger partial charge in [0.15, 0.2) is 15.9 Å². The molecule has 5 nitrogen and oxygen atoms in total. The molecule has 2 aromatic carbocycles. The molecule has 0 spiro atoms. The van der Waals surface area contributed by atoms with Crippen molar-refractivity contribution >= 4 is 15.7 Å². The van der Waals surface area contributed by atoms with Gasteiger partial charge in [0.2, 0.25) is 0 Å². The van der Waals surface area contributed by atoms with E-state index >= 15 is 0 Å². The third-order valence-electron chi connectivity index (χ3n) is 5.21. The van der Waals surface area contributed by atoms with Gasteiger partial charge in [0.05, 0.1) is 16.0 Å². The molecule has 2 aromatic rings. The lowest BCUT2D eigenvalue weighted by Crippen LogP contribution is -2.37. The second kappa shape index (κ2) is 8.54. The first-order chi connectivity index (χ1) is 15.1. The van der Waals surface area contributed by atoms with Crippen LogP contribution >= 0.6 is 0 Å². The summed E-state index contributed by atoms with van der Waals surface area (Å²) in [5, 5.41) is 0. The van der Waals surface area contributed by atoms with E-state index in [0.29, 0.717) is 11.1 Å². The molecule has 0 saturated heterocycles. The molecule has 0 N–H and O–H groups in total. The smallest absolute Gasteiger partial charge is 0.425 e. The number of amides is 1. The lowest BCUT2D eigenvalue weighted by molar-refractivity contribution is -0.189. The van der Waals surface area contributed by atoms with Crippen LogP contribution < -0.4 is 4.74 Å². The molecule has 180 valence electrons. The molecule has 0 fully saturated rings. The van der Waals surface area contributed by atoms with Gasteiger partial charge in [0.1, 0.15) is 5.75 Å². The number of fused-ring (bicyclic) bond motifs is 1. The Balaban J connectivity index is 1.95. The summed E-state index contributed by atoms with van der Waals surface area (Å²) in [6.45, 7) is 0.641. The number of benzene rings is 2. The second-order valence-corrected chi connectivity index (χ2v) is 9.71. The molecule has 0 unspecified atom stereocenters. The van der Waals surface area contributed by atoms with Crippen molar-refractivity contribution in [1.29, 1.82) is 0 Å². The summed E-state index contributed by atoms with van der Waals surface area (Å²) in [5.41, 5.74) is -0.350. The molecule has 1 amide bonds. The minimum atomic E-state index is -4.73. The van der Waals surface area contributed by atoms with E-state index in [1.807, 2.05) is 0 Å². The number of alkyl halides is 6. The van der Waals surface area contributed by atoms with Gasteiger partial charge in [-0.1, -0.05) is 6.07 Å². The first-order valence-electron chi connectivity index (χ1n) is 9.63. The van der Waals surface area contributed by atoms with E-state index in [4.69, 9.17) is 4.74 Å². The number of sulfone groups is 1. The van der Waals surface area contributed by atoms with E-state index < -0.39 is 45.5 Å². The van der Waals surface area contributed by atoms with Gasteiger partial charge in [-0.3, -0.25) is 4.79 Å². The van der Waals surface area contributed by atoms with Crippen LogP contribution in [0.15, 0.2) is 41.3 Å². The molecule has 0 saturated carbocycles. The van der Waals surface area contributed by atoms with Gasteiger partial charge in [0, 0.05) is 19.3 Å². The summed E-state index contributed by atoms with van der Waals surface area (Å²) < 4.78 is 107. The van der Waals surface area contributed by atoms with Crippen LogP contribution in [0.4, 0.5) is 26.3 Å². The molecular formula is C21H19F6NO4S. The summed E-state index contributed by atoms with van der Waals surface area (Å²) in [7, 11) is -3.79. The van der Waals surface area contributed by atoms with Crippen LogP contribution in [0.25, 0.3) is 0 Å². The highest BCUT2D eigenvalue weighted by atomic mass is 32.2. The first-order valence-corrected chi connectivity index (χ1v) is 11.5. The molecule has 1 heterocycles. The standard InChI is InChI=1S/C21H19F6NO4S/c1-12(20(22,23)24)32-18-6-5-16(33(2,30)31)10-17(18)19(29)28-8-7-13-9-15(21(25,26)27)4-3-14(13)11-28/h3-6,9-10,12H,7-8,11H2,1-2H3/t12-/m0/s1. The van der Waals surface area contributed by atoms with Crippen molar-refractivity contribution in [2.75, 3.05) is 12.8 Å². The van der Waals surface area contributed by atoms with Crippen molar-refractivity contribution in [2.24, 2.45) is 0 Å². The van der Waals surface area contributed by atoms with Crippen molar-refractivity contribution in [3.63, 3.8) is 0 Å². The lowest BCUT2D eigenvalue weighted by Gasteiger charge is -2.30. The Morgan fingerprint density at radius 2 is 1.70 bits per heavy atom. The predicted octanol–water partition coefficient (Wildman–Crippen LogP) is 4.64. The van der Waals surface area contributed by atoms with Gasteiger partial charge in [-0.2, -0.15) is 26.3 Å². The highest BCUT2D eigenvalue weighted by molar-refractivity contribution is 7.90. The Hall–Kier alpha value is -2.76. The fourth-order valence-corrected chi connectivity index (χ4v) is 3.99. The monoisotopic (exact) mass is 495 g/mol. The number of nitrogens with zero attached hydrogens (tertiary/aromatic N) is 1. The highest BCUT2D eigenvalue weighted by Crippen LogP contribution is 2.34. The average Bonchev–Trinajstić information content (AvgIpc) is 2.70. The molecule has 1 atom stereocenters. The van der Waals surface area contributed by atoms with Gasteiger partial charge in [-0.05, 0) is 54.8 Å². The maximum atomic E-state index is 13.2. The number of rotatable bonds is 4. The van der Waals surface area contributed by atoms with Crippen LogP contribution in [0, 0.1) is 0 Å². The molecule has 1 aliphatic heterocycles. The summed E-state index contributed by atoms with van der Waals surface area (Å²) in [6.07, 6.45) is -10.5. The largest absolute Gasteiger partial charge is 0.480 e. The molecule has 1 aliphatic rings. The maximum absolute atomic E-state index is 13.2. The van der Waals surface area contributed by atoms with Gasteiger partial charge < -0.3 is 9.64 Å². The van der Waals surface area contributed by atoms with Crippen molar-refractivity contribution < 1.29 is 44.3 Å². The Bertz CT molecular complexity index is 1170. The summed E-state index contributed by atoms with van der Waals surface area (Å²) in [5.74, 6) is -1.24. The van der Waals surface area contributed by atoms with Crippen molar-refractivity contribution in [1.82, 2.24) is 4.90 Å². The van der Waals surface area contributed by atoms with E-state index in [1.54, 1.807) is 0 Å². The Morgan fingerprint density at radius 3 is 2.27 bits per heavy atom. The van der Waals surface area contributed by atoms with Crippen LogP contribution in [-0.4, -0.2) is 44.3 Å². The zero-order valence-corrected chi connectivity index (χ0v) is 18.2. The molecule has 0 bridgehead atoms. The molecule has 0 radical (unpaired) electrons. The van der Waals surface area contributed by atoms with Gasteiger partial charge in [0.25, 0.3) is 5.91 Å². The molecule has 0 aromatic heterocycles.